The lowest BCUT2D eigenvalue weighted by molar-refractivity contribution is -0.889. The summed E-state index contributed by atoms with van der Waals surface area (Å²) in [5.41, 5.74) is 0. The van der Waals surface area contributed by atoms with Crippen molar-refractivity contribution in [1.82, 2.24) is 0 Å². The Labute approximate surface area is 421 Å². The Morgan fingerprint density at radius 3 is 1.15 bits per heavy atom. The van der Waals surface area contributed by atoms with E-state index in [-0.39, 0.29) is 42.7 Å². The number of carboxylic acids is 1. The highest BCUT2D eigenvalue weighted by atomic mass is 16.6. The van der Waals surface area contributed by atoms with Gasteiger partial charge < -0.3 is 28.6 Å². The van der Waals surface area contributed by atoms with E-state index in [1.807, 2.05) is 21.1 Å². The second-order valence-corrected chi connectivity index (χ2v) is 20.9. The number of hydrogen-bond donors (Lipinski definition) is 0. The van der Waals surface area contributed by atoms with Crippen LogP contribution in [0.25, 0.3) is 0 Å². The van der Waals surface area contributed by atoms with Crippen molar-refractivity contribution >= 4 is 17.9 Å². The number of ether oxygens (including phenoxy) is 3. The Kier molecular flexibility index (Phi) is 49.1. The number of esters is 2. The number of unbranched alkanes of at least 4 members (excludes halogenated alkanes) is 33. The zero-order chi connectivity index (χ0) is 49.9. The minimum Gasteiger partial charge on any atom is -0.544 e. The van der Waals surface area contributed by atoms with Gasteiger partial charge in [-0.25, -0.2) is 0 Å². The fraction of sp³-hybridized carbons (Fsp3) is 0.850. The van der Waals surface area contributed by atoms with Crippen molar-refractivity contribution in [2.45, 2.75) is 289 Å². The standard InChI is InChI=1S/C60H111NO7/c1-6-8-10-12-14-16-18-20-22-24-26-28-29-31-32-34-36-38-40-42-44-46-48-50-58(62)67-55-56(54-66-53-52-57(60(64)65)61(3,4)5)68-59(63)51-49-47-45-43-41-39-37-35-33-30-27-25-23-21-19-17-15-13-11-9-7-2/h19,21,24-27,56-57H,6-18,20,22-23,28-55H2,1-5H3/b21-19-,26-24-,27-25-. The van der Waals surface area contributed by atoms with E-state index in [0.29, 0.717) is 12.8 Å². The molecule has 8 nitrogen and oxygen atoms in total. The number of allylic oxidation sites excluding steroid dienone is 6. The van der Waals surface area contributed by atoms with Crippen LogP contribution in [-0.4, -0.2) is 75.5 Å². The Morgan fingerprint density at radius 2 is 0.779 bits per heavy atom. The molecule has 68 heavy (non-hydrogen) atoms. The van der Waals surface area contributed by atoms with Crippen molar-refractivity contribution in [1.29, 1.82) is 0 Å². The zero-order valence-electron chi connectivity index (χ0n) is 45.5. The van der Waals surface area contributed by atoms with Crippen molar-refractivity contribution in [3.8, 4) is 0 Å². The van der Waals surface area contributed by atoms with Crippen LogP contribution in [-0.2, 0) is 28.6 Å². The van der Waals surface area contributed by atoms with E-state index in [2.05, 4.69) is 50.3 Å². The molecule has 0 amide bonds. The van der Waals surface area contributed by atoms with Gasteiger partial charge in [0.05, 0.1) is 40.3 Å². The molecule has 0 fully saturated rings. The van der Waals surface area contributed by atoms with E-state index >= 15 is 0 Å². The molecule has 2 unspecified atom stereocenters. The molecule has 0 aliphatic heterocycles. The average molecular weight is 959 g/mol. The molecule has 0 rings (SSSR count). The van der Waals surface area contributed by atoms with E-state index in [0.717, 1.165) is 44.9 Å². The summed E-state index contributed by atoms with van der Waals surface area (Å²) in [5, 5.41) is 11.7. The summed E-state index contributed by atoms with van der Waals surface area (Å²) in [6.07, 6.45) is 61.8. The highest BCUT2D eigenvalue weighted by Crippen LogP contribution is 2.16. The van der Waals surface area contributed by atoms with Gasteiger partial charge in [0, 0.05) is 19.3 Å². The van der Waals surface area contributed by atoms with Gasteiger partial charge >= 0.3 is 11.9 Å². The first-order valence-electron chi connectivity index (χ1n) is 29.0. The molecule has 0 heterocycles. The van der Waals surface area contributed by atoms with Crippen LogP contribution in [0.4, 0.5) is 0 Å². The predicted molar refractivity (Wildman–Crippen MR) is 287 cm³/mol. The van der Waals surface area contributed by atoms with Crippen LogP contribution >= 0.6 is 0 Å². The molecule has 0 aromatic heterocycles. The summed E-state index contributed by atoms with van der Waals surface area (Å²) < 4.78 is 17.3. The number of carbonyl (C=O) groups excluding carboxylic acids is 3. The maximum Gasteiger partial charge on any atom is 0.306 e. The van der Waals surface area contributed by atoms with Crippen LogP contribution in [0.3, 0.4) is 0 Å². The van der Waals surface area contributed by atoms with E-state index < -0.39 is 18.1 Å². The molecule has 0 saturated carbocycles. The molecule has 0 N–H and O–H groups in total. The van der Waals surface area contributed by atoms with Crippen molar-refractivity contribution in [3.05, 3.63) is 36.5 Å². The fourth-order valence-electron chi connectivity index (χ4n) is 8.75. The third-order valence-corrected chi connectivity index (χ3v) is 13.2. The summed E-state index contributed by atoms with van der Waals surface area (Å²) in [6.45, 7) is 4.69. The number of carboxylic acid groups (broad SMARTS) is 1. The SMILES string of the molecule is CCCCCCC/C=C\C/C=C\CCCCCCCCCCCC(=O)OC(COCCC(C(=O)[O-])[N+](C)(C)C)COC(=O)CCCCCCCCCCCCC/C=C\CCCCCCCCCC. The van der Waals surface area contributed by atoms with Crippen molar-refractivity contribution in [3.63, 3.8) is 0 Å². The first-order chi connectivity index (χ1) is 33.1. The lowest BCUT2D eigenvalue weighted by Crippen LogP contribution is -2.55. The molecular weight excluding hydrogens is 847 g/mol. The fourth-order valence-corrected chi connectivity index (χ4v) is 8.75. The molecule has 0 aliphatic carbocycles. The quantitative estimate of drug-likeness (QED) is 0.0259. The molecule has 0 aromatic rings. The van der Waals surface area contributed by atoms with Gasteiger partial charge in [-0.3, -0.25) is 9.59 Å². The van der Waals surface area contributed by atoms with Crippen LogP contribution in [0, 0.1) is 0 Å². The molecule has 0 spiro atoms. The molecule has 0 radical (unpaired) electrons. The molecule has 0 saturated heterocycles. The van der Waals surface area contributed by atoms with Gasteiger partial charge in [0.1, 0.15) is 12.6 Å². The van der Waals surface area contributed by atoms with Crippen molar-refractivity contribution in [2.75, 3.05) is 41.0 Å². The Bertz CT molecular complexity index is 1210. The minimum absolute atomic E-state index is 0.0413. The van der Waals surface area contributed by atoms with Gasteiger partial charge in [0.25, 0.3) is 0 Å². The first kappa shape index (κ1) is 65.5. The topological polar surface area (TPSA) is 102 Å². The monoisotopic (exact) mass is 958 g/mol. The van der Waals surface area contributed by atoms with Crippen molar-refractivity contribution < 1.29 is 38.2 Å². The van der Waals surface area contributed by atoms with Gasteiger partial charge in [-0.2, -0.15) is 0 Å². The number of rotatable bonds is 53. The maximum absolute atomic E-state index is 12.8. The van der Waals surface area contributed by atoms with E-state index in [1.165, 1.54) is 199 Å². The van der Waals surface area contributed by atoms with Crippen LogP contribution in [0.5, 0.6) is 0 Å². The number of nitrogens with zero attached hydrogens (tertiary/aromatic N) is 1. The number of carbonyl (C=O) groups is 3. The second kappa shape index (κ2) is 50.9. The first-order valence-corrected chi connectivity index (χ1v) is 29.0. The van der Waals surface area contributed by atoms with E-state index in [1.54, 1.807) is 0 Å². The lowest BCUT2D eigenvalue weighted by Gasteiger charge is -2.34. The number of hydrogen-bond acceptors (Lipinski definition) is 7. The lowest BCUT2D eigenvalue weighted by atomic mass is 10.0. The number of likely N-dealkylation sites (N-methyl/N-ethyl adjacent to an activating group) is 1. The smallest absolute Gasteiger partial charge is 0.306 e. The summed E-state index contributed by atoms with van der Waals surface area (Å²) in [6, 6.07) is -0.727. The molecule has 0 aromatic carbocycles. The zero-order valence-corrected chi connectivity index (χ0v) is 45.5. The highest BCUT2D eigenvalue weighted by Gasteiger charge is 2.25. The number of quaternary nitrogens is 1. The third kappa shape index (κ3) is 48.6. The third-order valence-electron chi connectivity index (χ3n) is 13.2. The largest absolute Gasteiger partial charge is 0.544 e. The molecular formula is C60H111NO7. The predicted octanol–water partition coefficient (Wildman–Crippen LogP) is 16.0. The molecule has 8 heteroatoms. The van der Waals surface area contributed by atoms with Crippen LogP contribution in [0.15, 0.2) is 36.5 Å². The highest BCUT2D eigenvalue weighted by molar-refractivity contribution is 5.70. The Hall–Kier alpha value is -2.45. The molecule has 0 bridgehead atoms. The Balaban J connectivity index is 4.15. The van der Waals surface area contributed by atoms with Crippen LogP contribution < -0.4 is 5.11 Å². The van der Waals surface area contributed by atoms with E-state index in [4.69, 9.17) is 14.2 Å². The normalized spacial score (nSPS) is 13.0. The van der Waals surface area contributed by atoms with Gasteiger partial charge in [-0.1, -0.05) is 224 Å². The van der Waals surface area contributed by atoms with Gasteiger partial charge in [0.2, 0.25) is 0 Å². The van der Waals surface area contributed by atoms with Gasteiger partial charge in [-0.15, -0.1) is 0 Å². The van der Waals surface area contributed by atoms with Crippen LogP contribution in [0.2, 0.25) is 0 Å². The summed E-state index contributed by atoms with van der Waals surface area (Å²) in [5.74, 6) is -1.72. The van der Waals surface area contributed by atoms with Crippen LogP contribution in [0.1, 0.15) is 277 Å². The molecule has 0 aliphatic rings. The maximum atomic E-state index is 12.8. The van der Waals surface area contributed by atoms with Gasteiger partial charge in [0.15, 0.2) is 6.10 Å². The van der Waals surface area contributed by atoms with E-state index in [9.17, 15) is 19.5 Å². The van der Waals surface area contributed by atoms with Crippen molar-refractivity contribution in [2.24, 2.45) is 0 Å². The molecule has 2 atom stereocenters. The summed E-state index contributed by atoms with van der Waals surface area (Å²) >= 11 is 0. The minimum atomic E-state index is -1.12. The average Bonchev–Trinajstić information content (AvgIpc) is 3.30. The molecule has 398 valence electrons. The Morgan fingerprint density at radius 1 is 0.441 bits per heavy atom. The summed E-state index contributed by atoms with van der Waals surface area (Å²) in [7, 11) is 5.43. The second-order valence-electron chi connectivity index (χ2n) is 20.9. The van der Waals surface area contributed by atoms with Gasteiger partial charge in [-0.05, 0) is 70.6 Å². The summed E-state index contributed by atoms with van der Waals surface area (Å²) in [4.78, 5) is 37.2. The number of aliphatic carboxylic acids is 1.